The van der Waals surface area contributed by atoms with E-state index in [1.165, 1.54) is 0 Å². The van der Waals surface area contributed by atoms with E-state index in [4.69, 9.17) is 4.74 Å². The molecule has 0 heterocycles. The molecule has 0 atom stereocenters. The summed E-state index contributed by atoms with van der Waals surface area (Å²) in [6, 6.07) is 7.39. The second kappa shape index (κ2) is 8.46. The number of carbonyl (C=O) groups excluding carboxylic acids is 1. The molecule has 0 saturated carbocycles. The first-order chi connectivity index (χ1) is 9.93. The molecule has 0 spiro atoms. The number of aliphatic hydroxyl groups excluding tert-OH is 1. The van der Waals surface area contributed by atoms with Crippen LogP contribution in [0, 0.1) is 6.92 Å². The average molecular weight is 309 g/mol. The lowest BCUT2D eigenvalue weighted by atomic mass is 10.2. The first-order valence-electron chi connectivity index (χ1n) is 6.55. The molecule has 21 heavy (non-hydrogen) atoms. The number of carbonyl (C=O) groups is 1. The number of aryl methyl sites for hydroxylation is 1. The molecule has 0 aliphatic carbocycles. The van der Waals surface area contributed by atoms with Crippen molar-refractivity contribution in [1.82, 2.24) is 0 Å². The summed E-state index contributed by atoms with van der Waals surface area (Å²) in [5.41, 5.74) is 1.60. The highest BCUT2D eigenvalue weighted by Gasteiger charge is 2.20. The molecule has 0 radical (unpaired) electrons. The van der Waals surface area contributed by atoms with Gasteiger partial charge in [0.2, 0.25) is 5.70 Å². The topological polar surface area (TPSA) is 71.2 Å². The molecule has 0 unspecified atom stereocenters. The van der Waals surface area contributed by atoms with Gasteiger partial charge in [0.25, 0.3) is 0 Å². The lowest BCUT2D eigenvalue weighted by molar-refractivity contribution is -0.138. The van der Waals surface area contributed by atoms with E-state index in [0.717, 1.165) is 5.56 Å². The van der Waals surface area contributed by atoms with Crippen molar-refractivity contribution in [1.29, 1.82) is 0 Å². The molecule has 1 aromatic rings. The van der Waals surface area contributed by atoms with E-state index in [-0.39, 0.29) is 29.0 Å². The smallest absolute Gasteiger partial charge is 0.362 e. The zero-order valence-electron chi connectivity index (χ0n) is 12.8. The Morgan fingerprint density at radius 3 is 2.43 bits per heavy atom. The summed E-state index contributed by atoms with van der Waals surface area (Å²) >= 11 is 0. The molecule has 0 aliphatic rings. The molecule has 1 rings (SSSR count). The molecule has 0 bridgehead atoms. The van der Waals surface area contributed by atoms with E-state index >= 15 is 0 Å². The minimum Gasteiger partial charge on any atom is -0.505 e. The van der Waals surface area contributed by atoms with Crippen molar-refractivity contribution < 1.29 is 14.6 Å². The molecular weight excluding hydrogens is 288 g/mol. The molecule has 0 aromatic heterocycles. The van der Waals surface area contributed by atoms with Crippen molar-refractivity contribution in [2.75, 3.05) is 24.9 Å². The van der Waals surface area contributed by atoms with E-state index in [9.17, 15) is 9.90 Å². The quantitative estimate of drug-likeness (QED) is 0.288. The second-order valence-electron chi connectivity index (χ2n) is 4.68. The molecule has 0 saturated heterocycles. The van der Waals surface area contributed by atoms with Crippen LogP contribution in [0.15, 0.2) is 46.0 Å². The predicted molar refractivity (Wildman–Crippen MR) is 86.1 cm³/mol. The SMILES string of the molecule is CCOC(=O)/C(N=Nc1ccc(C)cc1)=C(\O)C[S+](C)C. The molecule has 0 aliphatic heterocycles. The summed E-state index contributed by atoms with van der Waals surface area (Å²) in [6.07, 6.45) is 3.94. The van der Waals surface area contributed by atoms with Gasteiger partial charge in [-0.05, 0) is 36.9 Å². The van der Waals surface area contributed by atoms with Gasteiger partial charge in [0.05, 0.1) is 24.8 Å². The Labute approximate surface area is 128 Å². The lowest BCUT2D eigenvalue weighted by Crippen LogP contribution is -2.13. The van der Waals surface area contributed by atoms with Crippen LogP contribution in [0.5, 0.6) is 0 Å². The van der Waals surface area contributed by atoms with E-state index in [0.29, 0.717) is 11.4 Å². The van der Waals surface area contributed by atoms with Gasteiger partial charge in [0.1, 0.15) is 0 Å². The molecule has 6 heteroatoms. The molecular formula is C15H21N2O3S+. The first kappa shape index (κ1) is 17.2. The Morgan fingerprint density at radius 2 is 1.90 bits per heavy atom. The standard InChI is InChI=1S/C15H20N2O3S/c1-5-20-15(19)14(13(18)10-21(3)4)17-16-12-8-6-11(2)7-9-12/h6-9H,5,10H2,1-4H3/p+1. The predicted octanol–water partition coefficient (Wildman–Crippen LogP) is 3.29. The third kappa shape index (κ3) is 5.99. The van der Waals surface area contributed by atoms with Crippen LogP contribution in [0.25, 0.3) is 0 Å². The number of rotatable bonds is 6. The Balaban J connectivity index is 3.01. The van der Waals surface area contributed by atoms with Crippen LogP contribution >= 0.6 is 0 Å². The number of benzene rings is 1. The van der Waals surface area contributed by atoms with E-state index in [1.54, 1.807) is 19.1 Å². The van der Waals surface area contributed by atoms with Crippen LogP contribution in [-0.4, -0.2) is 35.9 Å². The number of nitrogens with zero attached hydrogens (tertiary/aromatic N) is 2. The highest BCUT2D eigenvalue weighted by molar-refractivity contribution is 7.95. The third-order valence-electron chi connectivity index (χ3n) is 2.47. The minimum atomic E-state index is -0.656. The Kier molecular flexibility index (Phi) is 6.94. The Bertz CT molecular complexity index is 536. The van der Waals surface area contributed by atoms with E-state index in [2.05, 4.69) is 10.2 Å². The normalized spacial score (nSPS) is 12.6. The average Bonchev–Trinajstić information content (AvgIpc) is 2.40. The number of azo groups is 1. The summed E-state index contributed by atoms with van der Waals surface area (Å²) in [5.74, 6) is -0.366. The van der Waals surface area contributed by atoms with Crippen molar-refractivity contribution in [3.8, 4) is 0 Å². The summed E-state index contributed by atoms with van der Waals surface area (Å²) < 4.78 is 4.91. The van der Waals surface area contributed by atoms with Crippen LogP contribution in [0.1, 0.15) is 12.5 Å². The van der Waals surface area contributed by atoms with Crippen LogP contribution < -0.4 is 0 Å². The number of hydrogen-bond acceptors (Lipinski definition) is 5. The number of esters is 1. The highest BCUT2D eigenvalue weighted by Crippen LogP contribution is 2.17. The van der Waals surface area contributed by atoms with Crippen LogP contribution in [0.2, 0.25) is 0 Å². The highest BCUT2D eigenvalue weighted by atomic mass is 32.2. The van der Waals surface area contributed by atoms with Gasteiger partial charge in [-0.3, -0.25) is 0 Å². The number of aliphatic hydroxyl groups is 1. The fourth-order valence-electron chi connectivity index (χ4n) is 1.48. The molecule has 114 valence electrons. The number of ether oxygens (including phenoxy) is 1. The zero-order valence-corrected chi connectivity index (χ0v) is 13.6. The van der Waals surface area contributed by atoms with Gasteiger partial charge in [-0.2, -0.15) is 5.11 Å². The van der Waals surface area contributed by atoms with Crippen molar-refractivity contribution in [2.24, 2.45) is 10.2 Å². The lowest BCUT2D eigenvalue weighted by Gasteiger charge is -2.04. The Hall–Kier alpha value is -1.82. The Morgan fingerprint density at radius 1 is 1.29 bits per heavy atom. The monoisotopic (exact) mass is 309 g/mol. The summed E-state index contributed by atoms with van der Waals surface area (Å²) in [7, 11) is -0.0552. The molecule has 0 fully saturated rings. The minimum absolute atomic E-state index is 0.0552. The second-order valence-corrected chi connectivity index (χ2v) is 6.94. The van der Waals surface area contributed by atoms with Crippen molar-refractivity contribution in [3.05, 3.63) is 41.3 Å². The van der Waals surface area contributed by atoms with E-state index < -0.39 is 5.97 Å². The van der Waals surface area contributed by atoms with Gasteiger partial charge in [0.15, 0.2) is 11.5 Å². The summed E-state index contributed by atoms with van der Waals surface area (Å²) in [4.78, 5) is 11.9. The van der Waals surface area contributed by atoms with Gasteiger partial charge in [-0.15, -0.1) is 5.11 Å². The maximum atomic E-state index is 11.9. The number of hydrogen-bond donors (Lipinski definition) is 1. The van der Waals surface area contributed by atoms with Crippen molar-refractivity contribution in [3.63, 3.8) is 0 Å². The largest absolute Gasteiger partial charge is 0.505 e. The fraction of sp³-hybridized carbons (Fsp3) is 0.400. The maximum absolute atomic E-state index is 11.9. The van der Waals surface area contributed by atoms with Gasteiger partial charge in [-0.25, -0.2) is 4.79 Å². The van der Waals surface area contributed by atoms with Crippen molar-refractivity contribution >= 4 is 22.6 Å². The van der Waals surface area contributed by atoms with Gasteiger partial charge >= 0.3 is 5.97 Å². The molecule has 1 N–H and O–H groups in total. The van der Waals surface area contributed by atoms with Crippen molar-refractivity contribution in [2.45, 2.75) is 13.8 Å². The first-order valence-corrected chi connectivity index (χ1v) is 8.77. The molecule has 5 nitrogen and oxygen atoms in total. The molecule has 0 amide bonds. The maximum Gasteiger partial charge on any atom is 0.362 e. The molecule has 1 aromatic carbocycles. The van der Waals surface area contributed by atoms with Gasteiger partial charge in [0, 0.05) is 0 Å². The van der Waals surface area contributed by atoms with E-state index in [1.807, 2.05) is 31.6 Å². The van der Waals surface area contributed by atoms with Gasteiger partial charge < -0.3 is 9.84 Å². The summed E-state index contributed by atoms with van der Waals surface area (Å²) in [6.45, 7) is 3.90. The van der Waals surface area contributed by atoms with Crippen LogP contribution in [-0.2, 0) is 20.4 Å². The van der Waals surface area contributed by atoms with Gasteiger partial charge in [-0.1, -0.05) is 17.7 Å². The van der Waals surface area contributed by atoms with Crippen LogP contribution in [0.4, 0.5) is 5.69 Å². The third-order valence-corrected chi connectivity index (χ3v) is 3.32. The fourth-order valence-corrected chi connectivity index (χ4v) is 2.16. The summed E-state index contributed by atoms with van der Waals surface area (Å²) in [5, 5.41) is 17.9. The van der Waals surface area contributed by atoms with Crippen LogP contribution in [0.3, 0.4) is 0 Å². The zero-order chi connectivity index (χ0) is 15.8.